The quantitative estimate of drug-likeness (QED) is 0.0238. The van der Waals surface area contributed by atoms with Gasteiger partial charge in [0, 0.05) is 65.3 Å². The number of nitrogens with one attached hydrogen (secondary N) is 8. The molecule has 0 aliphatic heterocycles. The lowest BCUT2D eigenvalue weighted by molar-refractivity contribution is -0.135. The minimum Gasteiger partial charge on any atom is -0.368 e. The van der Waals surface area contributed by atoms with E-state index in [9.17, 15) is 38.4 Å². The summed E-state index contributed by atoms with van der Waals surface area (Å²) in [6, 6.07) is 22.3. The molecule has 4 aromatic carbocycles. The van der Waals surface area contributed by atoms with E-state index in [1.807, 2.05) is 66.7 Å². The summed E-state index contributed by atoms with van der Waals surface area (Å²) in [4.78, 5) is 119. The molecular weight excluding hydrogens is 1080 g/mol. The molecule has 2 aromatic heterocycles. The minimum absolute atomic E-state index is 0.0218. The number of unbranched alkanes of at least 4 members (excludes halogenated alkanes) is 1. The van der Waals surface area contributed by atoms with E-state index in [1.54, 1.807) is 48.8 Å². The Bertz CT molecular complexity index is 3180. The monoisotopic (exact) mass is 1150 g/mol. The molecule has 14 N–H and O–H groups in total. The van der Waals surface area contributed by atoms with Gasteiger partial charge in [-0.3, -0.25) is 43.3 Å². The first-order chi connectivity index (χ1) is 38.5. The van der Waals surface area contributed by atoms with Gasteiger partial charge < -0.3 is 59.4 Å². The largest absolute Gasteiger partial charge is 0.368 e. The predicted octanol–water partition coefficient (Wildman–Crippen LogP) is 2.00. The van der Waals surface area contributed by atoms with Gasteiger partial charge in [0.25, 0.3) is 0 Å². The van der Waals surface area contributed by atoms with Crippen LogP contribution in [0.1, 0.15) is 54.4 Å². The van der Waals surface area contributed by atoms with Crippen molar-refractivity contribution >= 4 is 106 Å². The van der Waals surface area contributed by atoms with Gasteiger partial charge in [0.05, 0.1) is 6.04 Å². The number of H-pyrrole nitrogens is 1. The number of nitrogens with two attached hydrogens (primary N) is 3. The summed E-state index contributed by atoms with van der Waals surface area (Å²) in [6.07, 6.45) is 6.35. The second-order valence-electron chi connectivity index (χ2n) is 19.9. The number of amides is 8. The van der Waals surface area contributed by atoms with Crippen LogP contribution in [0.5, 0.6) is 0 Å². The summed E-state index contributed by atoms with van der Waals surface area (Å²) in [5, 5.41) is 22.3. The molecular formula is C57H67ClN12O8S2. The summed E-state index contributed by atoms with van der Waals surface area (Å²) in [5.41, 5.74) is 20.0. The Hall–Kier alpha value is -7.50. The number of para-hydroxylation sites is 1. The maximum Gasteiger partial charge on any atom is 0.246 e. The third-order valence-electron chi connectivity index (χ3n) is 13.9. The molecule has 80 heavy (non-hydrogen) atoms. The van der Waals surface area contributed by atoms with Gasteiger partial charge in [-0.25, -0.2) is 0 Å². The minimum atomic E-state index is -1.38. The normalized spacial score (nSPS) is 15.2. The van der Waals surface area contributed by atoms with Crippen LogP contribution in [0.15, 0.2) is 122 Å². The summed E-state index contributed by atoms with van der Waals surface area (Å²) in [7, 11) is 0. The molecule has 23 heteroatoms. The zero-order valence-corrected chi connectivity index (χ0v) is 46.3. The van der Waals surface area contributed by atoms with Crippen molar-refractivity contribution in [3.63, 3.8) is 0 Å². The van der Waals surface area contributed by atoms with Crippen molar-refractivity contribution in [2.75, 3.05) is 18.1 Å². The molecule has 0 radical (unpaired) electrons. The Labute approximate surface area is 478 Å². The van der Waals surface area contributed by atoms with Crippen molar-refractivity contribution in [2.24, 2.45) is 17.2 Å². The van der Waals surface area contributed by atoms with Crippen LogP contribution in [-0.4, -0.2) is 123 Å². The second kappa shape index (κ2) is 28.6. The average Bonchev–Trinajstić information content (AvgIpc) is 4.22. The standard InChI is InChI=1S/C57H67ClN12O8S2/c58-39-13-7-9-33(24-39)25-41(60)50(72)65-45(27-35-10-8-22-62-29-35)52(74)67-47(31-79)54(76)66-46(28-38-30-63-42-15-4-3-14-40(38)42)53(75)64-43(16-5-6-21-59)51(73)68-48(32-80)55(77)70-57(19-20-57)56(78)69-44(49(61)71)26-34-17-18-36-11-1-2-12-37(36)23-34/h1-4,7-15,17-18,22-24,29-30,41,43-48,63,79-80H,5-6,16,19-21,25-28,31-32,59-60H2,(H2,61,71)(H,64,75)(H,65,72)(H,66,76)(H,67,74)(H,68,73)(H,69,78)(H,70,77)/t41-,43+,44+,45+,46-,47-,48-/m1/s1. The van der Waals surface area contributed by atoms with Gasteiger partial charge in [-0.15, -0.1) is 0 Å². The zero-order valence-electron chi connectivity index (χ0n) is 43.8. The molecule has 0 unspecified atom stereocenters. The van der Waals surface area contributed by atoms with E-state index in [1.165, 1.54) is 6.20 Å². The molecule has 20 nitrogen and oxygen atoms in total. The number of aromatic nitrogens is 2. The van der Waals surface area contributed by atoms with E-state index in [0.29, 0.717) is 34.6 Å². The lowest BCUT2D eigenvalue weighted by Crippen LogP contribution is -2.61. The Balaban J connectivity index is 1.04. The van der Waals surface area contributed by atoms with Gasteiger partial charge in [-0.1, -0.05) is 90.5 Å². The summed E-state index contributed by atoms with van der Waals surface area (Å²) < 4.78 is 0. The molecule has 6 aromatic rings. The summed E-state index contributed by atoms with van der Waals surface area (Å²) >= 11 is 14.9. The van der Waals surface area contributed by atoms with Crippen molar-refractivity contribution in [3.8, 4) is 0 Å². The number of carbonyl (C=O) groups is 8. The molecule has 0 spiro atoms. The van der Waals surface area contributed by atoms with Gasteiger partial charge in [0.2, 0.25) is 47.3 Å². The highest BCUT2D eigenvalue weighted by Crippen LogP contribution is 2.36. The van der Waals surface area contributed by atoms with Crippen LogP contribution in [-0.2, 0) is 64.0 Å². The van der Waals surface area contributed by atoms with Crippen LogP contribution < -0.4 is 54.4 Å². The molecule has 1 aliphatic rings. The molecule has 1 fully saturated rings. The number of rotatable bonds is 29. The van der Waals surface area contributed by atoms with E-state index in [4.69, 9.17) is 28.8 Å². The molecule has 0 bridgehead atoms. The van der Waals surface area contributed by atoms with Gasteiger partial charge in [0.1, 0.15) is 41.8 Å². The van der Waals surface area contributed by atoms with Crippen LogP contribution >= 0.6 is 36.9 Å². The number of carbonyl (C=O) groups excluding carboxylic acids is 8. The first-order valence-corrected chi connectivity index (χ1v) is 27.9. The number of halogens is 1. The zero-order chi connectivity index (χ0) is 57.3. The lowest BCUT2D eigenvalue weighted by Gasteiger charge is -2.27. The number of thiol groups is 2. The highest BCUT2D eigenvalue weighted by molar-refractivity contribution is 7.80. The number of hydrogen-bond acceptors (Lipinski definition) is 13. The molecule has 7 rings (SSSR count). The van der Waals surface area contributed by atoms with Crippen molar-refractivity contribution in [3.05, 3.63) is 149 Å². The summed E-state index contributed by atoms with van der Waals surface area (Å²) in [6.45, 7) is 0.283. The number of primary amides is 1. The third-order valence-corrected chi connectivity index (χ3v) is 14.8. The van der Waals surface area contributed by atoms with Crippen LogP contribution in [0.2, 0.25) is 5.02 Å². The number of aromatic amines is 1. The highest BCUT2D eigenvalue weighted by Gasteiger charge is 2.52. The Morgan fingerprint density at radius 2 is 1.20 bits per heavy atom. The van der Waals surface area contributed by atoms with Gasteiger partial charge >= 0.3 is 0 Å². The van der Waals surface area contributed by atoms with E-state index < -0.39 is 95.1 Å². The first-order valence-electron chi connectivity index (χ1n) is 26.3. The van der Waals surface area contributed by atoms with Crippen LogP contribution in [0.3, 0.4) is 0 Å². The number of fused-ring (bicyclic) bond motifs is 2. The number of pyridine rings is 1. The number of nitrogens with zero attached hydrogens (tertiary/aromatic N) is 1. The Morgan fingerprint density at radius 1 is 0.600 bits per heavy atom. The maximum absolute atomic E-state index is 14.6. The lowest BCUT2D eigenvalue weighted by atomic mass is 10.0. The SMILES string of the molecule is NCCCC[C@H](NC(=O)[C@@H](Cc1c[nH]c2ccccc12)NC(=O)[C@@H](CS)NC(=O)[C@H](Cc1cccnc1)NC(=O)[C@H](N)Cc1cccc(Cl)c1)C(=O)N[C@H](CS)C(=O)NC1(C(=O)N[C@@H](Cc2ccc3ccccc3c2)C(N)=O)CC1. The maximum atomic E-state index is 14.6. The molecule has 8 amide bonds. The van der Waals surface area contributed by atoms with Crippen molar-refractivity contribution in [1.29, 1.82) is 0 Å². The van der Waals surface area contributed by atoms with E-state index in [0.717, 1.165) is 27.2 Å². The fourth-order valence-electron chi connectivity index (χ4n) is 9.20. The Morgan fingerprint density at radius 3 is 1.88 bits per heavy atom. The Kier molecular flexibility index (Phi) is 21.5. The fourth-order valence-corrected chi connectivity index (χ4v) is 9.93. The van der Waals surface area contributed by atoms with Crippen molar-refractivity contribution in [2.45, 2.75) is 106 Å². The van der Waals surface area contributed by atoms with Gasteiger partial charge in [-0.05, 0) is 102 Å². The van der Waals surface area contributed by atoms with E-state index >= 15 is 0 Å². The molecule has 422 valence electrons. The molecule has 2 heterocycles. The van der Waals surface area contributed by atoms with Crippen molar-refractivity contribution < 1.29 is 38.4 Å². The van der Waals surface area contributed by atoms with Crippen LogP contribution in [0.4, 0.5) is 0 Å². The first kappa shape index (κ1) is 60.1. The van der Waals surface area contributed by atoms with E-state index in [2.05, 4.69) is 72.4 Å². The van der Waals surface area contributed by atoms with Gasteiger partial charge in [0.15, 0.2) is 0 Å². The summed E-state index contributed by atoms with van der Waals surface area (Å²) in [5.74, 6) is -6.26. The average molecular weight is 1150 g/mol. The van der Waals surface area contributed by atoms with Crippen LogP contribution in [0, 0.1) is 0 Å². The van der Waals surface area contributed by atoms with Crippen LogP contribution in [0.25, 0.3) is 21.7 Å². The molecule has 1 saturated carbocycles. The molecule has 1 aliphatic carbocycles. The van der Waals surface area contributed by atoms with Gasteiger partial charge in [-0.2, -0.15) is 25.3 Å². The predicted molar refractivity (Wildman–Crippen MR) is 312 cm³/mol. The number of hydrogen-bond donors (Lipinski definition) is 13. The molecule has 7 atom stereocenters. The van der Waals surface area contributed by atoms with E-state index in [-0.39, 0.29) is 63.0 Å². The highest BCUT2D eigenvalue weighted by atomic mass is 35.5. The molecule has 0 saturated heterocycles. The smallest absolute Gasteiger partial charge is 0.246 e. The second-order valence-corrected chi connectivity index (χ2v) is 21.1. The fraction of sp³-hybridized carbons (Fsp3) is 0.351. The topological polar surface area (TPSA) is 328 Å². The number of benzene rings is 4. The third kappa shape index (κ3) is 16.5. The van der Waals surface area contributed by atoms with Crippen molar-refractivity contribution in [1.82, 2.24) is 47.2 Å².